The Morgan fingerprint density at radius 2 is 1.43 bits per heavy atom. The number of carbonyl (C=O) groups is 1. The SMILES string of the molecule is CCCCCCCC(CCCCCCCCC(C)(C)CC1OC1C(C)(C)CCC)OC(=O)Oc1ccc([N+](=O)[O-])cc1. The maximum Gasteiger partial charge on any atom is 0.514 e. The summed E-state index contributed by atoms with van der Waals surface area (Å²) in [4.78, 5) is 22.8. The first-order valence-electron chi connectivity index (χ1n) is 16.8. The quantitative estimate of drug-likeness (QED) is 0.0315. The zero-order chi connectivity index (χ0) is 31.0. The minimum atomic E-state index is -0.734. The van der Waals surface area contributed by atoms with Gasteiger partial charge in [0.25, 0.3) is 5.69 Å². The molecule has 7 nitrogen and oxygen atoms in total. The van der Waals surface area contributed by atoms with Crippen molar-refractivity contribution < 1.29 is 23.9 Å². The van der Waals surface area contributed by atoms with Crippen LogP contribution in [0.2, 0.25) is 0 Å². The van der Waals surface area contributed by atoms with Crippen molar-refractivity contribution in [3.63, 3.8) is 0 Å². The number of nitrogens with zero attached hydrogens (tertiary/aromatic N) is 1. The van der Waals surface area contributed by atoms with E-state index >= 15 is 0 Å². The van der Waals surface area contributed by atoms with E-state index in [0.717, 1.165) is 44.9 Å². The predicted molar refractivity (Wildman–Crippen MR) is 170 cm³/mol. The molecule has 1 saturated heterocycles. The minimum absolute atomic E-state index is 0.0442. The number of non-ortho nitro benzene ring substituents is 1. The zero-order valence-electron chi connectivity index (χ0n) is 27.5. The summed E-state index contributed by atoms with van der Waals surface area (Å²) < 4.78 is 17.1. The number of rotatable bonds is 23. The van der Waals surface area contributed by atoms with E-state index in [-0.39, 0.29) is 17.5 Å². The molecule has 0 spiro atoms. The molecular formula is C35H59NO6. The lowest BCUT2D eigenvalue weighted by Crippen LogP contribution is -2.23. The molecule has 1 heterocycles. The van der Waals surface area contributed by atoms with E-state index in [1.807, 2.05) is 0 Å². The van der Waals surface area contributed by atoms with Gasteiger partial charge < -0.3 is 14.2 Å². The van der Waals surface area contributed by atoms with Crippen LogP contribution in [0.25, 0.3) is 0 Å². The van der Waals surface area contributed by atoms with Crippen LogP contribution in [0.15, 0.2) is 24.3 Å². The standard InChI is InChI=1S/C35H59NO6/c1-7-9-10-13-16-19-29(40-33(37)41-30-23-21-28(22-24-30)36(38)39)20-17-14-11-12-15-18-26-34(3,4)27-31-32(42-31)35(5,6)25-8-2/h21-24,29,31-32H,7-20,25-27H2,1-6H3. The molecule has 240 valence electrons. The van der Waals surface area contributed by atoms with E-state index in [1.165, 1.54) is 88.5 Å². The maximum absolute atomic E-state index is 12.4. The number of ether oxygens (including phenoxy) is 3. The Balaban J connectivity index is 1.65. The Kier molecular flexibility index (Phi) is 15.9. The van der Waals surface area contributed by atoms with E-state index < -0.39 is 11.1 Å². The smallest absolute Gasteiger partial charge is 0.431 e. The summed E-state index contributed by atoms with van der Waals surface area (Å²) in [5.41, 5.74) is 0.575. The van der Waals surface area contributed by atoms with E-state index in [9.17, 15) is 14.9 Å². The Bertz CT molecular complexity index is 913. The average Bonchev–Trinajstić information content (AvgIpc) is 3.69. The van der Waals surface area contributed by atoms with E-state index in [2.05, 4.69) is 41.5 Å². The van der Waals surface area contributed by atoms with Crippen LogP contribution in [0, 0.1) is 20.9 Å². The number of hydrogen-bond donors (Lipinski definition) is 0. The van der Waals surface area contributed by atoms with E-state index in [0.29, 0.717) is 23.0 Å². The van der Waals surface area contributed by atoms with Crippen molar-refractivity contribution in [1.82, 2.24) is 0 Å². The highest BCUT2D eigenvalue weighted by Crippen LogP contribution is 2.47. The van der Waals surface area contributed by atoms with Gasteiger partial charge in [0.2, 0.25) is 0 Å². The molecule has 0 aliphatic carbocycles. The molecule has 0 amide bonds. The zero-order valence-corrected chi connectivity index (χ0v) is 27.5. The van der Waals surface area contributed by atoms with Gasteiger partial charge in [-0.1, -0.05) is 106 Å². The maximum atomic E-state index is 12.4. The van der Waals surface area contributed by atoms with Gasteiger partial charge in [0.15, 0.2) is 0 Å². The van der Waals surface area contributed by atoms with Crippen LogP contribution in [0.3, 0.4) is 0 Å². The number of epoxide rings is 1. The monoisotopic (exact) mass is 589 g/mol. The molecule has 1 aliphatic rings. The molecule has 0 radical (unpaired) electrons. The number of nitro groups is 1. The lowest BCUT2D eigenvalue weighted by Gasteiger charge is -2.26. The molecule has 3 atom stereocenters. The number of benzene rings is 1. The highest BCUT2D eigenvalue weighted by Gasteiger charge is 2.50. The summed E-state index contributed by atoms with van der Waals surface area (Å²) in [5.74, 6) is 0.250. The molecule has 0 N–H and O–H groups in total. The molecule has 1 aromatic rings. The topological polar surface area (TPSA) is 91.2 Å². The molecule has 1 aromatic carbocycles. The molecule has 7 heteroatoms. The van der Waals surface area contributed by atoms with Crippen LogP contribution in [-0.4, -0.2) is 29.4 Å². The Labute approximate surface area is 255 Å². The third-order valence-electron chi connectivity index (χ3n) is 8.77. The molecule has 1 fully saturated rings. The van der Waals surface area contributed by atoms with Crippen molar-refractivity contribution in [2.24, 2.45) is 10.8 Å². The summed E-state index contributed by atoms with van der Waals surface area (Å²) in [5, 5.41) is 10.8. The molecule has 3 unspecified atom stereocenters. The number of carbonyl (C=O) groups excluding carboxylic acids is 1. The first-order valence-corrected chi connectivity index (χ1v) is 16.8. The molecular weight excluding hydrogens is 530 g/mol. The normalized spacial score (nSPS) is 17.6. The predicted octanol–water partition coefficient (Wildman–Crippen LogP) is 11.0. The first kappa shape index (κ1) is 36.0. The van der Waals surface area contributed by atoms with E-state index in [4.69, 9.17) is 14.2 Å². The van der Waals surface area contributed by atoms with Gasteiger partial charge in [-0.2, -0.15) is 0 Å². The fraction of sp³-hybridized carbons (Fsp3) is 0.800. The molecule has 42 heavy (non-hydrogen) atoms. The third-order valence-corrected chi connectivity index (χ3v) is 8.77. The summed E-state index contributed by atoms with van der Waals surface area (Å²) >= 11 is 0. The van der Waals surface area contributed by atoms with Crippen molar-refractivity contribution in [3.8, 4) is 5.75 Å². The van der Waals surface area contributed by atoms with Crippen molar-refractivity contribution in [2.45, 2.75) is 169 Å². The molecule has 0 saturated carbocycles. The number of unbranched alkanes of at least 4 members (excludes halogenated alkanes) is 9. The lowest BCUT2D eigenvalue weighted by atomic mass is 9.77. The fourth-order valence-corrected chi connectivity index (χ4v) is 6.23. The molecule has 1 aliphatic heterocycles. The van der Waals surface area contributed by atoms with Crippen molar-refractivity contribution in [3.05, 3.63) is 34.4 Å². The van der Waals surface area contributed by atoms with Gasteiger partial charge in [-0.05, 0) is 67.9 Å². The van der Waals surface area contributed by atoms with Gasteiger partial charge >= 0.3 is 6.16 Å². The number of nitro benzene ring substituents is 1. The van der Waals surface area contributed by atoms with Crippen LogP contribution in [0.1, 0.15) is 151 Å². The molecule has 0 bridgehead atoms. The lowest BCUT2D eigenvalue weighted by molar-refractivity contribution is -0.384. The van der Waals surface area contributed by atoms with Crippen LogP contribution < -0.4 is 4.74 Å². The van der Waals surface area contributed by atoms with Gasteiger partial charge in [0.1, 0.15) is 11.9 Å². The average molecular weight is 590 g/mol. The van der Waals surface area contributed by atoms with E-state index in [1.54, 1.807) is 0 Å². The van der Waals surface area contributed by atoms with Gasteiger partial charge in [-0.15, -0.1) is 0 Å². The summed E-state index contributed by atoms with van der Waals surface area (Å²) in [6.07, 6.45) is 19.5. The van der Waals surface area contributed by atoms with Crippen LogP contribution in [0.4, 0.5) is 10.5 Å². The largest absolute Gasteiger partial charge is 0.514 e. The number of hydrogen-bond acceptors (Lipinski definition) is 6. The summed E-state index contributed by atoms with van der Waals surface area (Å²) in [6.45, 7) is 14.0. The van der Waals surface area contributed by atoms with Crippen LogP contribution in [-0.2, 0) is 9.47 Å². The second-order valence-electron chi connectivity index (χ2n) is 13.9. The Morgan fingerprint density at radius 1 is 0.857 bits per heavy atom. The van der Waals surface area contributed by atoms with Gasteiger partial charge in [0, 0.05) is 12.1 Å². The Morgan fingerprint density at radius 3 is 2.00 bits per heavy atom. The summed E-state index contributed by atoms with van der Waals surface area (Å²) in [6, 6.07) is 5.48. The molecule has 0 aromatic heterocycles. The minimum Gasteiger partial charge on any atom is -0.431 e. The molecule has 2 rings (SSSR count). The third kappa shape index (κ3) is 14.3. The first-order chi connectivity index (χ1) is 20.0. The van der Waals surface area contributed by atoms with Crippen LogP contribution in [0.5, 0.6) is 5.75 Å². The second kappa shape index (κ2) is 18.5. The van der Waals surface area contributed by atoms with Crippen molar-refractivity contribution in [2.75, 3.05) is 0 Å². The van der Waals surface area contributed by atoms with Crippen LogP contribution >= 0.6 is 0 Å². The van der Waals surface area contributed by atoms with Gasteiger partial charge in [-0.25, -0.2) is 4.79 Å². The van der Waals surface area contributed by atoms with Gasteiger partial charge in [0.05, 0.1) is 17.1 Å². The Hall–Kier alpha value is -2.15. The highest BCUT2D eigenvalue weighted by molar-refractivity contribution is 5.64. The van der Waals surface area contributed by atoms with Crippen molar-refractivity contribution >= 4 is 11.8 Å². The second-order valence-corrected chi connectivity index (χ2v) is 13.9. The summed E-state index contributed by atoms with van der Waals surface area (Å²) in [7, 11) is 0. The fourth-order valence-electron chi connectivity index (χ4n) is 6.23. The van der Waals surface area contributed by atoms with Gasteiger partial charge in [-0.3, -0.25) is 10.1 Å². The highest BCUT2D eigenvalue weighted by atomic mass is 16.7. The van der Waals surface area contributed by atoms with Crippen molar-refractivity contribution in [1.29, 1.82) is 0 Å².